The molecule has 1 rings (SSSR count). The molecule has 0 amide bonds. The fraction of sp³-hybridized carbons (Fsp3) is 0.500. The lowest BCUT2D eigenvalue weighted by Gasteiger charge is -2.25. The number of hydrogen-bond acceptors (Lipinski definition) is 4. The van der Waals surface area contributed by atoms with Gasteiger partial charge in [0.15, 0.2) is 0 Å². The Morgan fingerprint density at radius 1 is 1.18 bits per heavy atom. The van der Waals surface area contributed by atoms with Gasteiger partial charge in [0.2, 0.25) is 0 Å². The summed E-state index contributed by atoms with van der Waals surface area (Å²) in [5.74, 6) is 0. The molecule has 0 saturated carbocycles. The fourth-order valence-corrected chi connectivity index (χ4v) is 1.84. The van der Waals surface area contributed by atoms with Crippen LogP contribution in [-0.4, -0.2) is 40.5 Å². The van der Waals surface area contributed by atoms with Crippen molar-refractivity contribution in [2.75, 3.05) is 51.2 Å². The summed E-state index contributed by atoms with van der Waals surface area (Å²) in [7, 11) is 3.36. The number of anilines is 2. The maximum absolute atomic E-state index is 6.18. The molecule has 0 aliphatic heterocycles. The molecule has 1 aromatic rings. The van der Waals surface area contributed by atoms with Crippen LogP contribution in [0.2, 0.25) is 5.02 Å². The van der Waals surface area contributed by atoms with Crippen molar-refractivity contribution in [1.29, 1.82) is 0 Å². The predicted octanol–water partition coefficient (Wildman–Crippen LogP) is 2.02. The standard InChI is InChI=1S/C12H19ClN2O2/c1-16-7-5-15(6-8-17-2)12-4-3-10(14)9-11(12)13/h3-4,9H,5-8,14H2,1-2H3. The number of ether oxygens (including phenoxy) is 2. The largest absolute Gasteiger partial charge is 0.399 e. The van der Waals surface area contributed by atoms with Crippen molar-refractivity contribution < 1.29 is 9.47 Å². The molecule has 0 bridgehead atoms. The van der Waals surface area contributed by atoms with E-state index in [0.29, 0.717) is 23.9 Å². The molecular formula is C12H19ClN2O2. The van der Waals surface area contributed by atoms with E-state index in [1.54, 1.807) is 20.3 Å². The molecule has 96 valence electrons. The molecule has 0 aromatic heterocycles. The molecule has 1 aromatic carbocycles. The average Bonchev–Trinajstić information content (AvgIpc) is 2.30. The van der Waals surface area contributed by atoms with Gasteiger partial charge in [0.25, 0.3) is 0 Å². The van der Waals surface area contributed by atoms with Crippen LogP contribution in [0.4, 0.5) is 11.4 Å². The van der Waals surface area contributed by atoms with Gasteiger partial charge in [0, 0.05) is 33.0 Å². The van der Waals surface area contributed by atoms with Gasteiger partial charge in [-0.25, -0.2) is 0 Å². The summed E-state index contributed by atoms with van der Waals surface area (Å²) < 4.78 is 10.2. The van der Waals surface area contributed by atoms with Gasteiger partial charge in [-0.2, -0.15) is 0 Å². The van der Waals surface area contributed by atoms with E-state index in [1.807, 2.05) is 12.1 Å². The van der Waals surface area contributed by atoms with E-state index in [-0.39, 0.29) is 0 Å². The summed E-state index contributed by atoms with van der Waals surface area (Å²) in [6.07, 6.45) is 0. The highest BCUT2D eigenvalue weighted by Gasteiger charge is 2.10. The second kappa shape index (κ2) is 7.37. The minimum absolute atomic E-state index is 0.643. The van der Waals surface area contributed by atoms with Crippen LogP contribution < -0.4 is 10.6 Å². The summed E-state index contributed by atoms with van der Waals surface area (Å²) in [4.78, 5) is 2.12. The van der Waals surface area contributed by atoms with E-state index in [4.69, 9.17) is 26.8 Å². The van der Waals surface area contributed by atoms with Crippen molar-refractivity contribution in [3.63, 3.8) is 0 Å². The summed E-state index contributed by atoms with van der Waals surface area (Å²) in [6, 6.07) is 5.51. The van der Waals surface area contributed by atoms with Crippen LogP contribution >= 0.6 is 11.6 Å². The van der Waals surface area contributed by atoms with Crippen LogP contribution in [0.1, 0.15) is 0 Å². The Balaban J connectivity index is 2.79. The average molecular weight is 259 g/mol. The third-order valence-corrected chi connectivity index (χ3v) is 2.75. The molecule has 0 aliphatic carbocycles. The Hall–Kier alpha value is -0.970. The van der Waals surface area contributed by atoms with Crippen molar-refractivity contribution in [3.8, 4) is 0 Å². The molecule has 0 saturated heterocycles. The molecule has 0 spiro atoms. The third kappa shape index (κ3) is 4.42. The van der Waals surface area contributed by atoms with E-state index >= 15 is 0 Å². The lowest BCUT2D eigenvalue weighted by molar-refractivity contribution is 0.190. The number of nitrogen functional groups attached to an aromatic ring is 1. The highest BCUT2D eigenvalue weighted by molar-refractivity contribution is 6.33. The van der Waals surface area contributed by atoms with Crippen molar-refractivity contribution in [2.24, 2.45) is 0 Å². The van der Waals surface area contributed by atoms with E-state index < -0.39 is 0 Å². The molecule has 17 heavy (non-hydrogen) atoms. The monoisotopic (exact) mass is 258 g/mol. The molecular weight excluding hydrogens is 240 g/mol. The maximum Gasteiger partial charge on any atom is 0.0660 e. The lowest BCUT2D eigenvalue weighted by atomic mass is 10.2. The molecule has 4 nitrogen and oxygen atoms in total. The molecule has 2 N–H and O–H groups in total. The van der Waals surface area contributed by atoms with Crippen LogP contribution in [0, 0.1) is 0 Å². The van der Waals surface area contributed by atoms with Crippen LogP contribution in [0.15, 0.2) is 18.2 Å². The second-order valence-electron chi connectivity index (χ2n) is 3.68. The SMILES string of the molecule is COCCN(CCOC)c1ccc(N)cc1Cl. The molecule has 0 heterocycles. The number of benzene rings is 1. The number of nitrogens with two attached hydrogens (primary N) is 1. The Bertz CT molecular complexity index is 339. The van der Waals surface area contributed by atoms with Gasteiger partial charge >= 0.3 is 0 Å². The van der Waals surface area contributed by atoms with E-state index in [9.17, 15) is 0 Å². The van der Waals surface area contributed by atoms with Gasteiger partial charge in [-0.15, -0.1) is 0 Å². The van der Waals surface area contributed by atoms with Crippen molar-refractivity contribution in [2.45, 2.75) is 0 Å². The highest BCUT2D eigenvalue weighted by Crippen LogP contribution is 2.27. The van der Waals surface area contributed by atoms with Crippen LogP contribution in [0.5, 0.6) is 0 Å². The summed E-state index contributed by atoms with van der Waals surface area (Å²) in [6.45, 7) is 2.82. The number of methoxy groups -OCH3 is 2. The van der Waals surface area contributed by atoms with Gasteiger partial charge in [-0.3, -0.25) is 0 Å². The molecule has 0 fully saturated rings. The van der Waals surface area contributed by atoms with E-state index in [2.05, 4.69) is 4.90 Å². The third-order valence-electron chi connectivity index (χ3n) is 2.44. The molecule has 0 aliphatic rings. The molecule has 0 atom stereocenters. The number of rotatable bonds is 7. The van der Waals surface area contributed by atoms with Gasteiger partial charge in [-0.1, -0.05) is 11.6 Å². The highest BCUT2D eigenvalue weighted by atomic mass is 35.5. The topological polar surface area (TPSA) is 47.7 Å². The van der Waals surface area contributed by atoms with Gasteiger partial charge in [0.05, 0.1) is 23.9 Å². The first-order valence-electron chi connectivity index (χ1n) is 5.47. The number of nitrogens with zero attached hydrogens (tertiary/aromatic N) is 1. The Labute approximate surface area is 107 Å². The van der Waals surface area contributed by atoms with Crippen LogP contribution in [-0.2, 0) is 9.47 Å². The normalized spacial score (nSPS) is 10.5. The van der Waals surface area contributed by atoms with E-state index in [0.717, 1.165) is 18.8 Å². The number of halogens is 1. The first-order chi connectivity index (χ1) is 8.19. The van der Waals surface area contributed by atoms with E-state index in [1.165, 1.54) is 0 Å². The van der Waals surface area contributed by atoms with Gasteiger partial charge in [0.1, 0.15) is 0 Å². The minimum Gasteiger partial charge on any atom is -0.399 e. The lowest BCUT2D eigenvalue weighted by Crippen LogP contribution is -2.30. The minimum atomic E-state index is 0.643. The van der Waals surface area contributed by atoms with Crippen LogP contribution in [0.3, 0.4) is 0 Å². The maximum atomic E-state index is 6.18. The second-order valence-corrected chi connectivity index (χ2v) is 4.09. The summed E-state index contributed by atoms with van der Waals surface area (Å²) >= 11 is 6.18. The smallest absolute Gasteiger partial charge is 0.0660 e. The Morgan fingerprint density at radius 3 is 2.24 bits per heavy atom. The fourth-order valence-electron chi connectivity index (χ4n) is 1.54. The van der Waals surface area contributed by atoms with Crippen molar-refractivity contribution >= 4 is 23.0 Å². The molecule has 5 heteroatoms. The predicted molar refractivity (Wildman–Crippen MR) is 71.8 cm³/mol. The zero-order chi connectivity index (χ0) is 12.7. The van der Waals surface area contributed by atoms with Crippen LogP contribution in [0.25, 0.3) is 0 Å². The number of hydrogen-bond donors (Lipinski definition) is 1. The van der Waals surface area contributed by atoms with Gasteiger partial charge < -0.3 is 20.1 Å². The zero-order valence-corrected chi connectivity index (χ0v) is 11.0. The zero-order valence-electron chi connectivity index (χ0n) is 10.3. The van der Waals surface area contributed by atoms with Gasteiger partial charge in [-0.05, 0) is 18.2 Å². The first kappa shape index (κ1) is 14.1. The Morgan fingerprint density at radius 2 is 1.76 bits per heavy atom. The molecule has 0 unspecified atom stereocenters. The van der Waals surface area contributed by atoms with Crippen molar-refractivity contribution in [3.05, 3.63) is 23.2 Å². The quantitative estimate of drug-likeness (QED) is 0.761. The molecule has 0 radical (unpaired) electrons. The van der Waals surface area contributed by atoms with Crippen molar-refractivity contribution in [1.82, 2.24) is 0 Å². The summed E-state index contributed by atoms with van der Waals surface area (Å²) in [5, 5.41) is 0.650. The first-order valence-corrected chi connectivity index (χ1v) is 5.84. The summed E-state index contributed by atoms with van der Waals surface area (Å²) in [5.41, 5.74) is 7.29. The Kier molecular flexibility index (Phi) is 6.11.